The van der Waals surface area contributed by atoms with Crippen LogP contribution in [0.1, 0.15) is 25.3 Å². The maximum atomic E-state index is 12.2. The minimum Gasteiger partial charge on any atom is -0.301 e. The van der Waals surface area contributed by atoms with Gasteiger partial charge in [-0.05, 0) is 32.0 Å². The molecule has 0 bridgehead atoms. The van der Waals surface area contributed by atoms with Crippen molar-refractivity contribution in [3.63, 3.8) is 0 Å². The van der Waals surface area contributed by atoms with E-state index < -0.39 is 10.0 Å². The first-order valence-corrected chi connectivity index (χ1v) is 10.0. The summed E-state index contributed by atoms with van der Waals surface area (Å²) in [6, 6.07) is 6.96. The maximum absolute atomic E-state index is 12.2. The number of nitrogens with one attached hydrogen (secondary N) is 1. The molecule has 1 fully saturated rings. The van der Waals surface area contributed by atoms with Gasteiger partial charge in [0.05, 0.1) is 4.90 Å². The number of rotatable bonds is 8. The van der Waals surface area contributed by atoms with Gasteiger partial charge >= 0.3 is 0 Å². The van der Waals surface area contributed by atoms with E-state index in [4.69, 9.17) is 0 Å². The fourth-order valence-electron chi connectivity index (χ4n) is 2.76. The zero-order valence-corrected chi connectivity index (χ0v) is 15.1. The quantitative estimate of drug-likeness (QED) is 0.783. The molecule has 0 unspecified atom stereocenters. The van der Waals surface area contributed by atoms with E-state index in [0.29, 0.717) is 11.4 Å². The molecule has 5 nitrogen and oxygen atoms in total. The topological polar surface area (TPSA) is 52.6 Å². The highest BCUT2D eigenvalue weighted by atomic mass is 32.2. The van der Waals surface area contributed by atoms with Crippen LogP contribution in [-0.2, 0) is 10.0 Å². The molecule has 0 aromatic heterocycles. The molecule has 0 radical (unpaired) electrons. The summed E-state index contributed by atoms with van der Waals surface area (Å²) in [5, 5.41) is 0. The number of unbranched alkanes of at least 4 members (excludes halogenated alkanes) is 1. The highest BCUT2D eigenvalue weighted by molar-refractivity contribution is 7.89. The van der Waals surface area contributed by atoms with Crippen LogP contribution in [0, 0.1) is 6.92 Å². The summed E-state index contributed by atoms with van der Waals surface area (Å²) in [5.74, 6) is 0. The lowest BCUT2D eigenvalue weighted by molar-refractivity contribution is 0.133. The molecule has 0 amide bonds. The maximum Gasteiger partial charge on any atom is 0.240 e. The number of hydrogen-bond donors (Lipinski definition) is 1. The average molecular weight is 340 g/mol. The molecule has 0 saturated carbocycles. The van der Waals surface area contributed by atoms with Crippen LogP contribution in [0.4, 0.5) is 0 Å². The first-order chi connectivity index (χ1) is 11.0. The Balaban J connectivity index is 1.72. The Labute approximate surface area is 140 Å². The lowest BCUT2D eigenvalue weighted by Gasteiger charge is -2.34. The first kappa shape index (κ1) is 18.4. The first-order valence-electron chi connectivity index (χ1n) is 8.52. The van der Waals surface area contributed by atoms with Gasteiger partial charge in [-0.1, -0.05) is 31.0 Å². The second kappa shape index (κ2) is 8.78. The molecule has 0 atom stereocenters. The Morgan fingerprint density at radius 1 is 1.00 bits per heavy atom. The molecule has 0 spiro atoms. The summed E-state index contributed by atoms with van der Waals surface area (Å²) < 4.78 is 27.1. The molecule has 130 valence electrons. The molecule has 1 aromatic rings. The van der Waals surface area contributed by atoms with Crippen molar-refractivity contribution >= 4 is 10.0 Å². The number of benzene rings is 1. The van der Waals surface area contributed by atoms with Gasteiger partial charge in [-0.25, -0.2) is 13.1 Å². The number of piperazine rings is 1. The zero-order chi connectivity index (χ0) is 16.7. The van der Waals surface area contributed by atoms with Crippen LogP contribution in [0.25, 0.3) is 0 Å². The molecule has 23 heavy (non-hydrogen) atoms. The van der Waals surface area contributed by atoms with Crippen molar-refractivity contribution in [1.29, 1.82) is 0 Å². The third kappa shape index (κ3) is 5.88. The van der Waals surface area contributed by atoms with Crippen LogP contribution in [0.2, 0.25) is 0 Å². The fourth-order valence-corrected chi connectivity index (χ4v) is 3.78. The predicted octanol–water partition coefficient (Wildman–Crippen LogP) is 1.69. The standard InChI is InChI=1S/C17H29N3O2S/c1-3-4-10-19-12-14-20(15-13-19)11-9-18-23(21,22)17-7-5-16(2)6-8-17/h5-8,18H,3-4,9-15H2,1-2H3. The van der Waals surface area contributed by atoms with E-state index in [-0.39, 0.29) is 0 Å². The zero-order valence-electron chi connectivity index (χ0n) is 14.3. The van der Waals surface area contributed by atoms with Crippen molar-refractivity contribution in [3.8, 4) is 0 Å². The van der Waals surface area contributed by atoms with E-state index in [1.807, 2.05) is 19.1 Å². The minimum atomic E-state index is -3.39. The van der Waals surface area contributed by atoms with Crippen LogP contribution < -0.4 is 4.72 Å². The van der Waals surface area contributed by atoms with Gasteiger partial charge in [0, 0.05) is 39.3 Å². The third-order valence-electron chi connectivity index (χ3n) is 4.34. The van der Waals surface area contributed by atoms with Crippen molar-refractivity contribution in [3.05, 3.63) is 29.8 Å². The van der Waals surface area contributed by atoms with Gasteiger partial charge in [0.15, 0.2) is 0 Å². The van der Waals surface area contributed by atoms with Gasteiger partial charge in [0.25, 0.3) is 0 Å². The lowest BCUT2D eigenvalue weighted by atomic mass is 10.2. The van der Waals surface area contributed by atoms with Gasteiger partial charge in [-0.15, -0.1) is 0 Å². The van der Waals surface area contributed by atoms with Crippen molar-refractivity contribution in [1.82, 2.24) is 14.5 Å². The van der Waals surface area contributed by atoms with Gasteiger partial charge in [-0.2, -0.15) is 0 Å². The Bertz CT molecular complexity index is 564. The van der Waals surface area contributed by atoms with Crippen LogP contribution in [-0.4, -0.2) is 64.0 Å². The molecule has 6 heteroatoms. The van der Waals surface area contributed by atoms with Gasteiger partial charge in [-0.3, -0.25) is 4.90 Å². The molecular formula is C17H29N3O2S. The summed E-state index contributed by atoms with van der Waals surface area (Å²) >= 11 is 0. The normalized spacial score (nSPS) is 17.5. The Morgan fingerprint density at radius 2 is 1.57 bits per heavy atom. The Morgan fingerprint density at radius 3 is 2.13 bits per heavy atom. The summed E-state index contributed by atoms with van der Waals surface area (Å²) in [6.07, 6.45) is 2.50. The molecule has 1 saturated heterocycles. The second-order valence-electron chi connectivity index (χ2n) is 6.25. The molecule has 0 aliphatic carbocycles. The lowest BCUT2D eigenvalue weighted by Crippen LogP contribution is -2.48. The SMILES string of the molecule is CCCCN1CCN(CCNS(=O)(=O)c2ccc(C)cc2)CC1. The fraction of sp³-hybridized carbons (Fsp3) is 0.647. The second-order valence-corrected chi connectivity index (χ2v) is 8.01. The van der Waals surface area contributed by atoms with E-state index in [1.165, 1.54) is 19.4 Å². The van der Waals surface area contributed by atoms with Crippen LogP contribution in [0.5, 0.6) is 0 Å². The van der Waals surface area contributed by atoms with Crippen molar-refractivity contribution in [2.45, 2.75) is 31.6 Å². The number of sulfonamides is 1. The molecular weight excluding hydrogens is 310 g/mol. The van der Waals surface area contributed by atoms with Gasteiger partial charge in [0.1, 0.15) is 0 Å². The molecule has 1 heterocycles. The third-order valence-corrected chi connectivity index (χ3v) is 5.82. The summed E-state index contributed by atoms with van der Waals surface area (Å²) in [4.78, 5) is 5.17. The summed E-state index contributed by atoms with van der Waals surface area (Å²) in [7, 11) is -3.39. The van der Waals surface area contributed by atoms with E-state index in [9.17, 15) is 8.42 Å². The number of hydrogen-bond acceptors (Lipinski definition) is 4. The molecule has 1 aromatic carbocycles. The highest BCUT2D eigenvalue weighted by Crippen LogP contribution is 2.09. The summed E-state index contributed by atoms with van der Waals surface area (Å²) in [5.41, 5.74) is 1.06. The minimum absolute atomic E-state index is 0.340. The van der Waals surface area contributed by atoms with Crippen molar-refractivity contribution in [2.75, 3.05) is 45.8 Å². The number of aryl methyl sites for hydroxylation is 1. The summed E-state index contributed by atoms with van der Waals surface area (Å²) in [6.45, 7) is 10.8. The van der Waals surface area contributed by atoms with Crippen LogP contribution in [0.15, 0.2) is 29.2 Å². The largest absolute Gasteiger partial charge is 0.301 e. The monoisotopic (exact) mass is 339 g/mol. The van der Waals surface area contributed by atoms with Gasteiger partial charge < -0.3 is 4.90 Å². The van der Waals surface area contributed by atoms with Crippen LogP contribution >= 0.6 is 0 Å². The highest BCUT2D eigenvalue weighted by Gasteiger charge is 2.17. The molecule has 1 N–H and O–H groups in total. The number of nitrogens with zero attached hydrogens (tertiary/aromatic N) is 2. The average Bonchev–Trinajstić information content (AvgIpc) is 2.54. The van der Waals surface area contributed by atoms with E-state index in [2.05, 4.69) is 21.4 Å². The van der Waals surface area contributed by atoms with Crippen LogP contribution in [0.3, 0.4) is 0 Å². The molecule has 1 aliphatic heterocycles. The van der Waals surface area contributed by atoms with E-state index in [1.54, 1.807) is 12.1 Å². The predicted molar refractivity (Wildman–Crippen MR) is 94.2 cm³/mol. The molecule has 1 aliphatic rings. The Kier molecular flexibility index (Phi) is 7.02. The smallest absolute Gasteiger partial charge is 0.240 e. The van der Waals surface area contributed by atoms with Crippen molar-refractivity contribution < 1.29 is 8.42 Å². The van der Waals surface area contributed by atoms with E-state index in [0.717, 1.165) is 38.3 Å². The Hall–Kier alpha value is -0.950. The molecule has 2 rings (SSSR count). The van der Waals surface area contributed by atoms with Gasteiger partial charge in [0.2, 0.25) is 10.0 Å². The van der Waals surface area contributed by atoms with Crippen molar-refractivity contribution in [2.24, 2.45) is 0 Å². The van der Waals surface area contributed by atoms with E-state index >= 15 is 0 Å².